The zero-order chi connectivity index (χ0) is 9.71. The molecule has 1 atom stereocenters. The summed E-state index contributed by atoms with van der Waals surface area (Å²) in [7, 11) is 0. The molecule has 0 amide bonds. The van der Waals surface area contributed by atoms with Gasteiger partial charge in [-0.05, 0) is 6.92 Å². The number of hydrogen-bond acceptors (Lipinski definition) is 4. The molecule has 1 unspecified atom stereocenters. The number of ether oxygens (including phenoxy) is 1. The molecule has 4 nitrogen and oxygen atoms in total. The van der Waals surface area contributed by atoms with Gasteiger partial charge in [0, 0.05) is 19.1 Å². The minimum atomic E-state index is 0.0256. The zero-order valence-corrected chi connectivity index (χ0v) is 8.00. The van der Waals surface area contributed by atoms with E-state index in [0.717, 1.165) is 22.5 Å². The van der Waals surface area contributed by atoms with Crippen LogP contribution in [0.5, 0.6) is 5.75 Å². The van der Waals surface area contributed by atoms with E-state index < -0.39 is 0 Å². The summed E-state index contributed by atoms with van der Waals surface area (Å²) in [5.74, 6) is 1.52. The quantitative estimate of drug-likeness (QED) is 0.692. The molecule has 0 fully saturated rings. The SMILES string of the molecule is Cc1nc2cc3c(cc2o1)NC(C)O3. The van der Waals surface area contributed by atoms with Crippen LogP contribution in [0, 0.1) is 6.92 Å². The highest BCUT2D eigenvalue weighted by Crippen LogP contribution is 2.35. The summed E-state index contributed by atoms with van der Waals surface area (Å²) in [5, 5.41) is 3.19. The number of aromatic nitrogens is 1. The predicted molar refractivity (Wildman–Crippen MR) is 52.5 cm³/mol. The first-order valence-electron chi connectivity index (χ1n) is 4.57. The Labute approximate surface area is 80.9 Å². The molecule has 0 radical (unpaired) electrons. The molecule has 0 spiro atoms. The largest absolute Gasteiger partial charge is 0.469 e. The van der Waals surface area contributed by atoms with Gasteiger partial charge < -0.3 is 14.5 Å². The third kappa shape index (κ3) is 0.968. The van der Waals surface area contributed by atoms with Gasteiger partial charge in [-0.3, -0.25) is 0 Å². The lowest BCUT2D eigenvalue weighted by Gasteiger charge is -2.00. The Kier molecular flexibility index (Phi) is 1.32. The number of fused-ring (bicyclic) bond motifs is 2. The average Bonchev–Trinajstić information content (AvgIpc) is 2.59. The maximum atomic E-state index is 5.53. The van der Waals surface area contributed by atoms with Crippen LogP contribution in [-0.4, -0.2) is 11.2 Å². The Balaban J connectivity index is 2.25. The van der Waals surface area contributed by atoms with Crippen molar-refractivity contribution < 1.29 is 9.15 Å². The zero-order valence-electron chi connectivity index (χ0n) is 8.00. The van der Waals surface area contributed by atoms with E-state index in [4.69, 9.17) is 9.15 Å². The molecule has 1 aliphatic rings. The van der Waals surface area contributed by atoms with Gasteiger partial charge >= 0.3 is 0 Å². The van der Waals surface area contributed by atoms with E-state index in [9.17, 15) is 0 Å². The molecule has 1 aromatic carbocycles. The van der Waals surface area contributed by atoms with Crippen LogP contribution in [0.25, 0.3) is 11.1 Å². The number of aryl methyl sites for hydroxylation is 1. The van der Waals surface area contributed by atoms with Gasteiger partial charge in [0.1, 0.15) is 11.3 Å². The monoisotopic (exact) mass is 190 g/mol. The first kappa shape index (κ1) is 7.67. The smallest absolute Gasteiger partial charge is 0.192 e. The van der Waals surface area contributed by atoms with Crippen molar-refractivity contribution in [2.75, 3.05) is 5.32 Å². The lowest BCUT2D eigenvalue weighted by molar-refractivity contribution is 0.275. The highest BCUT2D eigenvalue weighted by Gasteiger charge is 2.19. The van der Waals surface area contributed by atoms with Crippen molar-refractivity contribution in [3.05, 3.63) is 18.0 Å². The predicted octanol–water partition coefficient (Wildman–Crippen LogP) is 2.29. The maximum absolute atomic E-state index is 5.53. The molecule has 2 heterocycles. The molecule has 1 N–H and O–H groups in total. The summed E-state index contributed by atoms with van der Waals surface area (Å²) in [6.07, 6.45) is 0.0256. The van der Waals surface area contributed by atoms with E-state index in [1.54, 1.807) is 0 Å². The Morgan fingerprint density at radius 3 is 3.14 bits per heavy atom. The van der Waals surface area contributed by atoms with Crippen LogP contribution < -0.4 is 10.1 Å². The number of oxazole rings is 1. The molecule has 2 aromatic rings. The van der Waals surface area contributed by atoms with Gasteiger partial charge in [0.25, 0.3) is 0 Å². The molecular formula is C10H10N2O2. The summed E-state index contributed by atoms with van der Waals surface area (Å²) in [5.41, 5.74) is 2.62. The van der Waals surface area contributed by atoms with Crippen LogP contribution in [0.2, 0.25) is 0 Å². The lowest BCUT2D eigenvalue weighted by atomic mass is 10.2. The number of benzene rings is 1. The van der Waals surface area contributed by atoms with Crippen LogP contribution in [0.15, 0.2) is 16.5 Å². The number of anilines is 1. The van der Waals surface area contributed by atoms with E-state index in [2.05, 4.69) is 10.3 Å². The molecule has 3 rings (SSSR count). The normalized spacial score (nSPS) is 19.1. The molecule has 1 aliphatic heterocycles. The fourth-order valence-corrected chi connectivity index (χ4v) is 1.72. The maximum Gasteiger partial charge on any atom is 0.192 e. The van der Waals surface area contributed by atoms with E-state index >= 15 is 0 Å². The summed E-state index contributed by atoms with van der Waals surface area (Å²) >= 11 is 0. The van der Waals surface area contributed by atoms with Gasteiger partial charge in [-0.15, -0.1) is 0 Å². The molecule has 0 saturated carbocycles. The highest BCUT2D eigenvalue weighted by molar-refractivity contribution is 5.82. The third-order valence-electron chi connectivity index (χ3n) is 2.26. The van der Waals surface area contributed by atoms with Gasteiger partial charge in [-0.2, -0.15) is 0 Å². The minimum absolute atomic E-state index is 0.0256. The van der Waals surface area contributed by atoms with E-state index in [1.165, 1.54) is 0 Å². The third-order valence-corrected chi connectivity index (χ3v) is 2.26. The number of rotatable bonds is 0. The van der Waals surface area contributed by atoms with Crippen molar-refractivity contribution in [3.63, 3.8) is 0 Å². The first-order chi connectivity index (χ1) is 6.72. The van der Waals surface area contributed by atoms with E-state index in [1.807, 2.05) is 26.0 Å². The van der Waals surface area contributed by atoms with Crippen LogP contribution in [-0.2, 0) is 0 Å². The summed E-state index contributed by atoms with van der Waals surface area (Å²) in [6, 6.07) is 3.83. The van der Waals surface area contributed by atoms with Crippen molar-refractivity contribution in [2.24, 2.45) is 0 Å². The second kappa shape index (κ2) is 2.41. The highest BCUT2D eigenvalue weighted by atomic mass is 16.5. The molecule has 0 saturated heterocycles. The van der Waals surface area contributed by atoms with Crippen LogP contribution in [0.3, 0.4) is 0 Å². The van der Waals surface area contributed by atoms with E-state index in [-0.39, 0.29) is 6.23 Å². The molecule has 1 aromatic heterocycles. The van der Waals surface area contributed by atoms with Crippen molar-refractivity contribution in [3.8, 4) is 5.75 Å². The average molecular weight is 190 g/mol. The van der Waals surface area contributed by atoms with Crippen molar-refractivity contribution >= 4 is 16.8 Å². The first-order valence-corrected chi connectivity index (χ1v) is 4.57. The van der Waals surface area contributed by atoms with E-state index in [0.29, 0.717) is 5.89 Å². The lowest BCUT2D eigenvalue weighted by Crippen LogP contribution is -2.13. The molecule has 0 aliphatic carbocycles. The van der Waals surface area contributed by atoms with Crippen molar-refractivity contribution in [2.45, 2.75) is 20.1 Å². The Hall–Kier alpha value is -1.71. The van der Waals surface area contributed by atoms with Gasteiger partial charge in [0.15, 0.2) is 17.7 Å². The summed E-state index contributed by atoms with van der Waals surface area (Å²) in [4.78, 5) is 4.24. The van der Waals surface area contributed by atoms with Gasteiger partial charge in [-0.25, -0.2) is 4.98 Å². The van der Waals surface area contributed by atoms with Gasteiger partial charge in [0.05, 0.1) is 5.69 Å². The number of nitrogens with one attached hydrogen (secondary N) is 1. The Morgan fingerprint density at radius 2 is 2.29 bits per heavy atom. The fourth-order valence-electron chi connectivity index (χ4n) is 1.72. The second-order valence-electron chi connectivity index (χ2n) is 3.45. The molecule has 14 heavy (non-hydrogen) atoms. The van der Waals surface area contributed by atoms with Crippen LogP contribution in [0.1, 0.15) is 12.8 Å². The van der Waals surface area contributed by atoms with Crippen molar-refractivity contribution in [1.82, 2.24) is 4.98 Å². The number of nitrogens with zero attached hydrogens (tertiary/aromatic N) is 1. The summed E-state index contributed by atoms with van der Waals surface area (Å²) in [6.45, 7) is 3.79. The Morgan fingerprint density at radius 1 is 1.43 bits per heavy atom. The topological polar surface area (TPSA) is 47.3 Å². The summed E-state index contributed by atoms with van der Waals surface area (Å²) < 4.78 is 11.0. The fraction of sp³-hybridized carbons (Fsp3) is 0.300. The standard InChI is InChI=1S/C10H10N2O2/c1-5-11-7-3-10-8(4-9(7)13-5)12-6(2)14-10/h3-5,11H,1-2H3. The Bertz CT molecular complexity index is 461. The molecule has 4 heteroatoms. The van der Waals surface area contributed by atoms with Crippen LogP contribution in [0.4, 0.5) is 5.69 Å². The molecular weight excluding hydrogens is 180 g/mol. The van der Waals surface area contributed by atoms with Crippen LogP contribution >= 0.6 is 0 Å². The molecule has 0 bridgehead atoms. The van der Waals surface area contributed by atoms with Crippen molar-refractivity contribution in [1.29, 1.82) is 0 Å². The second-order valence-corrected chi connectivity index (χ2v) is 3.45. The number of hydrogen-bond donors (Lipinski definition) is 1. The van der Waals surface area contributed by atoms with Gasteiger partial charge in [-0.1, -0.05) is 0 Å². The molecule has 72 valence electrons. The van der Waals surface area contributed by atoms with Gasteiger partial charge in [0.2, 0.25) is 0 Å². The minimum Gasteiger partial charge on any atom is -0.469 e.